The molecule has 0 bridgehead atoms. The quantitative estimate of drug-likeness (QED) is 0.877. The normalized spacial score (nSPS) is 12.2. The van der Waals surface area contributed by atoms with Crippen molar-refractivity contribution in [3.63, 3.8) is 0 Å². The molecule has 0 radical (unpaired) electrons. The molecule has 2 rings (SSSR count). The van der Waals surface area contributed by atoms with Crippen LogP contribution >= 0.6 is 0 Å². The minimum absolute atomic E-state index is 0.166. The molecule has 4 heteroatoms. The van der Waals surface area contributed by atoms with E-state index < -0.39 is 0 Å². The van der Waals surface area contributed by atoms with E-state index >= 15 is 0 Å². The molecule has 1 aromatic carbocycles. The van der Waals surface area contributed by atoms with E-state index in [0.717, 1.165) is 18.7 Å². The SMILES string of the molecule is CCNC(Cc1ccc(C)cc1)c1cc(OC)ncn1. The molecule has 1 heterocycles. The molecule has 0 saturated carbocycles. The monoisotopic (exact) mass is 271 g/mol. The van der Waals surface area contributed by atoms with Crippen LogP contribution in [0.3, 0.4) is 0 Å². The molecule has 0 aliphatic carbocycles. The fraction of sp³-hybridized carbons (Fsp3) is 0.375. The Kier molecular flexibility index (Phi) is 5.07. The zero-order chi connectivity index (χ0) is 14.4. The molecule has 20 heavy (non-hydrogen) atoms. The predicted molar refractivity (Wildman–Crippen MR) is 79.9 cm³/mol. The third-order valence-corrected chi connectivity index (χ3v) is 3.24. The van der Waals surface area contributed by atoms with E-state index in [-0.39, 0.29) is 6.04 Å². The third-order valence-electron chi connectivity index (χ3n) is 3.24. The summed E-state index contributed by atoms with van der Waals surface area (Å²) in [6, 6.07) is 10.7. The number of hydrogen-bond donors (Lipinski definition) is 1. The van der Waals surface area contributed by atoms with E-state index in [9.17, 15) is 0 Å². The van der Waals surface area contributed by atoms with Crippen molar-refractivity contribution < 1.29 is 4.74 Å². The number of benzene rings is 1. The molecular weight excluding hydrogens is 250 g/mol. The number of methoxy groups -OCH3 is 1. The predicted octanol–water partition coefficient (Wildman–Crippen LogP) is 2.69. The zero-order valence-corrected chi connectivity index (χ0v) is 12.3. The number of rotatable bonds is 6. The molecule has 106 valence electrons. The second-order valence-corrected chi connectivity index (χ2v) is 4.79. The molecule has 0 amide bonds. The van der Waals surface area contributed by atoms with Gasteiger partial charge in [-0.15, -0.1) is 0 Å². The second-order valence-electron chi connectivity index (χ2n) is 4.79. The van der Waals surface area contributed by atoms with Crippen molar-refractivity contribution in [3.05, 3.63) is 53.5 Å². The maximum Gasteiger partial charge on any atom is 0.216 e. The van der Waals surface area contributed by atoms with Crippen molar-refractivity contribution in [2.24, 2.45) is 0 Å². The topological polar surface area (TPSA) is 47.0 Å². The van der Waals surface area contributed by atoms with Crippen molar-refractivity contribution in [2.75, 3.05) is 13.7 Å². The fourth-order valence-electron chi connectivity index (χ4n) is 2.14. The van der Waals surface area contributed by atoms with Crippen molar-refractivity contribution in [1.82, 2.24) is 15.3 Å². The van der Waals surface area contributed by atoms with Crippen LogP contribution in [0.2, 0.25) is 0 Å². The van der Waals surface area contributed by atoms with Gasteiger partial charge in [0.25, 0.3) is 0 Å². The van der Waals surface area contributed by atoms with Crippen molar-refractivity contribution >= 4 is 0 Å². The Hall–Kier alpha value is -1.94. The highest BCUT2D eigenvalue weighted by Gasteiger charge is 2.13. The summed E-state index contributed by atoms with van der Waals surface area (Å²) < 4.78 is 5.17. The van der Waals surface area contributed by atoms with Crippen molar-refractivity contribution in [3.8, 4) is 5.88 Å². The molecule has 0 fully saturated rings. The van der Waals surface area contributed by atoms with Gasteiger partial charge >= 0.3 is 0 Å². The van der Waals surface area contributed by atoms with E-state index in [1.165, 1.54) is 11.1 Å². The molecule has 1 atom stereocenters. The summed E-state index contributed by atoms with van der Waals surface area (Å²) in [6.45, 7) is 5.09. The Bertz CT molecular complexity index is 540. The first kappa shape index (κ1) is 14.5. The second kappa shape index (κ2) is 7.01. The summed E-state index contributed by atoms with van der Waals surface area (Å²) in [4.78, 5) is 8.42. The molecule has 0 spiro atoms. The van der Waals surface area contributed by atoms with Gasteiger partial charge in [0, 0.05) is 6.07 Å². The maximum atomic E-state index is 5.17. The minimum Gasteiger partial charge on any atom is -0.481 e. The average molecular weight is 271 g/mol. The van der Waals surface area contributed by atoms with Gasteiger partial charge in [0.2, 0.25) is 5.88 Å². The molecule has 4 nitrogen and oxygen atoms in total. The number of likely N-dealkylation sites (N-methyl/N-ethyl adjacent to an activating group) is 1. The number of nitrogens with one attached hydrogen (secondary N) is 1. The first-order chi connectivity index (χ1) is 9.72. The van der Waals surface area contributed by atoms with Gasteiger partial charge in [-0.2, -0.15) is 0 Å². The van der Waals surface area contributed by atoms with E-state index in [4.69, 9.17) is 4.74 Å². The minimum atomic E-state index is 0.166. The number of nitrogens with zero attached hydrogens (tertiary/aromatic N) is 2. The van der Waals surface area contributed by atoms with E-state index in [1.807, 2.05) is 6.07 Å². The van der Waals surface area contributed by atoms with Gasteiger partial charge in [0.05, 0.1) is 18.8 Å². The summed E-state index contributed by atoms with van der Waals surface area (Å²) in [7, 11) is 1.62. The lowest BCUT2D eigenvalue weighted by Gasteiger charge is -2.18. The average Bonchev–Trinajstić information content (AvgIpc) is 2.49. The Labute approximate surface area is 120 Å². The number of aromatic nitrogens is 2. The molecule has 1 aromatic heterocycles. The zero-order valence-electron chi connectivity index (χ0n) is 12.3. The lowest BCUT2D eigenvalue weighted by atomic mass is 10.0. The first-order valence-corrected chi connectivity index (χ1v) is 6.87. The van der Waals surface area contributed by atoms with Crippen LogP contribution in [0.25, 0.3) is 0 Å². The third kappa shape index (κ3) is 3.78. The summed E-state index contributed by atoms with van der Waals surface area (Å²) in [5.74, 6) is 0.599. The first-order valence-electron chi connectivity index (χ1n) is 6.87. The molecule has 0 aliphatic heterocycles. The number of aryl methyl sites for hydroxylation is 1. The summed E-state index contributed by atoms with van der Waals surface area (Å²) in [5.41, 5.74) is 3.52. The highest BCUT2D eigenvalue weighted by Crippen LogP contribution is 2.19. The highest BCUT2D eigenvalue weighted by atomic mass is 16.5. The molecular formula is C16H21N3O. The fourth-order valence-corrected chi connectivity index (χ4v) is 2.14. The van der Waals surface area contributed by atoms with Crippen LogP contribution in [-0.4, -0.2) is 23.6 Å². The van der Waals surface area contributed by atoms with Gasteiger partial charge in [-0.3, -0.25) is 0 Å². The molecule has 0 aliphatic rings. The largest absolute Gasteiger partial charge is 0.481 e. The van der Waals surface area contributed by atoms with Gasteiger partial charge in [-0.25, -0.2) is 9.97 Å². The molecule has 1 N–H and O–H groups in total. The lowest BCUT2D eigenvalue weighted by molar-refractivity contribution is 0.393. The maximum absolute atomic E-state index is 5.17. The smallest absolute Gasteiger partial charge is 0.216 e. The van der Waals surface area contributed by atoms with Crippen molar-refractivity contribution in [1.29, 1.82) is 0 Å². The van der Waals surface area contributed by atoms with Crippen LogP contribution < -0.4 is 10.1 Å². The van der Waals surface area contributed by atoms with Gasteiger partial charge in [-0.05, 0) is 25.5 Å². The van der Waals surface area contributed by atoms with Crippen LogP contribution in [0.5, 0.6) is 5.88 Å². The summed E-state index contributed by atoms with van der Waals surface area (Å²) >= 11 is 0. The van der Waals surface area contributed by atoms with E-state index in [1.54, 1.807) is 13.4 Å². The lowest BCUT2D eigenvalue weighted by Crippen LogP contribution is -2.24. The standard InChI is InChI=1S/C16H21N3O/c1-4-17-14(9-13-7-5-12(2)6-8-13)15-10-16(20-3)19-11-18-15/h5-8,10-11,14,17H,4,9H2,1-3H3. The van der Waals surface area contributed by atoms with Gasteiger partial charge in [0.1, 0.15) is 6.33 Å². The Morgan fingerprint density at radius 1 is 1.20 bits per heavy atom. The molecule has 2 aromatic rings. The number of ether oxygens (including phenoxy) is 1. The van der Waals surface area contributed by atoms with Gasteiger partial charge < -0.3 is 10.1 Å². The number of hydrogen-bond acceptors (Lipinski definition) is 4. The van der Waals surface area contributed by atoms with E-state index in [0.29, 0.717) is 5.88 Å². The Morgan fingerprint density at radius 3 is 2.60 bits per heavy atom. The van der Waals surface area contributed by atoms with Crippen LogP contribution in [0.4, 0.5) is 0 Å². The van der Waals surface area contributed by atoms with Crippen molar-refractivity contribution in [2.45, 2.75) is 26.3 Å². The van der Waals surface area contributed by atoms with Crippen LogP contribution in [0, 0.1) is 6.92 Å². The summed E-state index contributed by atoms with van der Waals surface area (Å²) in [5, 5.41) is 3.47. The Balaban J connectivity index is 2.19. The van der Waals surface area contributed by atoms with Crippen LogP contribution in [-0.2, 0) is 6.42 Å². The molecule has 0 saturated heterocycles. The van der Waals surface area contributed by atoms with E-state index in [2.05, 4.69) is 53.4 Å². The van der Waals surface area contributed by atoms with Gasteiger partial charge in [-0.1, -0.05) is 36.8 Å². The summed E-state index contributed by atoms with van der Waals surface area (Å²) in [6.07, 6.45) is 2.45. The molecule has 1 unspecified atom stereocenters. The Morgan fingerprint density at radius 2 is 1.95 bits per heavy atom. The highest BCUT2D eigenvalue weighted by molar-refractivity contribution is 5.24. The van der Waals surface area contributed by atoms with Crippen LogP contribution in [0.1, 0.15) is 29.8 Å². The van der Waals surface area contributed by atoms with Crippen LogP contribution in [0.15, 0.2) is 36.7 Å². The van der Waals surface area contributed by atoms with Gasteiger partial charge in [0.15, 0.2) is 0 Å².